The van der Waals surface area contributed by atoms with Crippen LogP contribution in [0.3, 0.4) is 0 Å². The van der Waals surface area contributed by atoms with Gasteiger partial charge in [0.05, 0.1) is 24.6 Å². The standard InChI is InChI=1S/C21H27N3O10/c1-20(2)31-14-15(32-20)17-19(34-21(3,4)33-17)30-16(14)18(26)22-9-13(25)23-11-7-6-10(29-5)8-12(11)24(27)28/h6-8,14-17,19H,9H2,1-5H3,(H,22,26)(H,23,25)/t14-,15-,16+,17+,19-/m0/s1. The van der Waals surface area contributed by atoms with Crippen LogP contribution in [0.5, 0.6) is 5.75 Å². The van der Waals surface area contributed by atoms with Gasteiger partial charge in [-0.1, -0.05) is 0 Å². The highest BCUT2D eigenvalue weighted by Gasteiger charge is 2.62. The lowest BCUT2D eigenvalue weighted by molar-refractivity contribution is -0.384. The Kier molecular flexibility index (Phi) is 6.25. The molecule has 3 heterocycles. The minimum Gasteiger partial charge on any atom is -0.496 e. The van der Waals surface area contributed by atoms with Crippen molar-refractivity contribution in [2.45, 2.75) is 70.0 Å². The molecule has 5 atom stereocenters. The number of hydrogen-bond donors (Lipinski definition) is 2. The molecule has 3 aliphatic heterocycles. The van der Waals surface area contributed by atoms with Crippen LogP contribution in [-0.4, -0.2) is 72.7 Å². The first-order valence-electron chi connectivity index (χ1n) is 10.7. The number of methoxy groups -OCH3 is 1. The Morgan fingerprint density at radius 1 is 1.06 bits per heavy atom. The molecule has 13 heteroatoms. The summed E-state index contributed by atoms with van der Waals surface area (Å²) in [6.07, 6.45) is -4.00. The first-order chi connectivity index (χ1) is 15.9. The molecule has 2 amide bonds. The summed E-state index contributed by atoms with van der Waals surface area (Å²) in [6, 6.07) is 4.00. The van der Waals surface area contributed by atoms with E-state index in [-0.39, 0.29) is 17.1 Å². The molecule has 0 radical (unpaired) electrons. The van der Waals surface area contributed by atoms with E-state index in [1.807, 2.05) is 0 Å². The maximum Gasteiger partial charge on any atom is 0.296 e. The number of amides is 2. The first-order valence-corrected chi connectivity index (χ1v) is 10.7. The molecule has 3 aliphatic rings. The zero-order chi connectivity index (χ0) is 24.8. The van der Waals surface area contributed by atoms with Crippen molar-refractivity contribution in [2.75, 3.05) is 19.0 Å². The van der Waals surface area contributed by atoms with E-state index in [9.17, 15) is 19.7 Å². The van der Waals surface area contributed by atoms with Crippen LogP contribution in [0.2, 0.25) is 0 Å². The average molecular weight is 481 g/mol. The molecule has 1 aromatic rings. The molecule has 186 valence electrons. The normalized spacial score (nSPS) is 30.7. The van der Waals surface area contributed by atoms with Gasteiger partial charge in [0.15, 0.2) is 24.0 Å². The monoisotopic (exact) mass is 481 g/mol. The lowest BCUT2D eigenvalue weighted by Crippen LogP contribution is -2.59. The van der Waals surface area contributed by atoms with Crippen molar-refractivity contribution < 1.29 is 42.9 Å². The Labute approximate surface area is 195 Å². The molecule has 0 aromatic heterocycles. The number of nitro groups is 1. The van der Waals surface area contributed by atoms with Crippen LogP contribution in [0.15, 0.2) is 18.2 Å². The number of carbonyl (C=O) groups is 2. The lowest BCUT2D eigenvalue weighted by atomic mass is 9.98. The molecule has 2 N–H and O–H groups in total. The summed E-state index contributed by atoms with van der Waals surface area (Å²) < 4.78 is 34.3. The van der Waals surface area contributed by atoms with Crippen molar-refractivity contribution >= 4 is 23.2 Å². The number of nitrogens with one attached hydrogen (secondary N) is 2. The molecule has 0 saturated carbocycles. The number of fused-ring (bicyclic) bond motifs is 3. The molecule has 1 aromatic carbocycles. The van der Waals surface area contributed by atoms with Gasteiger partial charge in [-0.25, -0.2) is 0 Å². The lowest BCUT2D eigenvalue weighted by Gasteiger charge is -2.36. The molecule has 13 nitrogen and oxygen atoms in total. The third-order valence-electron chi connectivity index (χ3n) is 5.51. The van der Waals surface area contributed by atoms with E-state index in [0.717, 1.165) is 0 Å². The molecule has 3 fully saturated rings. The van der Waals surface area contributed by atoms with Gasteiger partial charge < -0.3 is 39.1 Å². The van der Waals surface area contributed by atoms with E-state index in [4.69, 9.17) is 28.4 Å². The van der Waals surface area contributed by atoms with Crippen molar-refractivity contribution in [3.05, 3.63) is 28.3 Å². The third kappa shape index (κ3) is 4.83. The van der Waals surface area contributed by atoms with Crippen LogP contribution < -0.4 is 15.4 Å². The van der Waals surface area contributed by atoms with Gasteiger partial charge in [0.25, 0.3) is 11.6 Å². The average Bonchev–Trinajstić information content (AvgIpc) is 3.25. The molecule has 0 bridgehead atoms. The predicted molar refractivity (Wildman–Crippen MR) is 114 cm³/mol. The minimum absolute atomic E-state index is 0.0325. The van der Waals surface area contributed by atoms with E-state index in [0.29, 0.717) is 0 Å². The van der Waals surface area contributed by atoms with Gasteiger partial charge in [-0.05, 0) is 39.8 Å². The van der Waals surface area contributed by atoms with E-state index in [1.54, 1.807) is 27.7 Å². The zero-order valence-corrected chi connectivity index (χ0v) is 19.4. The minimum atomic E-state index is -1.13. The van der Waals surface area contributed by atoms with E-state index in [2.05, 4.69) is 10.6 Å². The topological polar surface area (TPSA) is 157 Å². The summed E-state index contributed by atoms with van der Waals surface area (Å²) in [4.78, 5) is 36.0. The highest BCUT2D eigenvalue weighted by Crippen LogP contribution is 2.44. The highest BCUT2D eigenvalue weighted by molar-refractivity contribution is 5.97. The number of nitro benzene ring substituents is 1. The van der Waals surface area contributed by atoms with Gasteiger partial charge in [0.1, 0.15) is 29.7 Å². The number of rotatable bonds is 6. The number of ether oxygens (including phenoxy) is 6. The maximum absolute atomic E-state index is 12.9. The van der Waals surface area contributed by atoms with Gasteiger partial charge in [-0.3, -0.25) is 19.7 Å². The van der Waals surface area contributed by atoms with Crippen molar-refractivity contribution in [1.82, 2.24) is 5.32 Å². The highest BCUT2D eigenvalue weighted by atomic mass is 16.9. The van der Waals surface area contributed by atoms with Gasteiger partial charge in [0, 0.05) is 0 Å². The van der Waals surface area contributed by atoms with Crippen LogP contribution in [0, 0.1) is 10.1 Å². The first kappa shape index (κ1) is 24.3. The van der Waals surface area contributed by atoms with E-state index < -0.39 is 65.6 Å². The number of hydrogen-bond acceptors (Lipinski definition) is 10. The van der Waals surface area contributed by atoms with Crippen molar-refractivity contribution in [1.29, 1.82) is 0 Å². The summed E-state index contributed by atoms with van der Waals surface area (Å²) in [5.74, 6) is -2.94. The molecule has 34 heavy (non-hydrogen) atoms. The summed E-state index contributed by atoms with van der Waals surface area (Å²) >= 11 is 0. The van der Waals surface area contributed by atoms with E-state index in [1.165, 1.54) is 25.3 Å². The van der Waals surface area contributed by atoms with Crippen molar-refractivity contribution in [3.8, 4) is 5.75 Å². The summed E-state index contributed by atoms with van der Waals surface area (Å²) in [5, 5.41) is 16.2. The number of carbonyl (C=O) groups excluding carboxylic acids is 2. The largest absolute Gasteiger partial charge is 0.496 e. The molecular formula is C21H27N3O10. The zero-order valence-electron chi connectivity index (χ0n) is 19.4. The Morgan fingerprint density at radius 2 is 1.71 bits per heavy atom. The summed E-state index contributed by atoms with van der Waals surface area (Å²) in [5.41, 5.74) is -0.377. The molecule has 0 spiro atoms. The Hall–Kier alpha value is -2.84. The quantitative estimate of drug-likeness (QED) is 0.445. The van der Waals surface area contributed by atoms with Crippen LogP contribution in [-0.2, 0) is 33.3 Å². The second-order valence-electron chi connectivity index (χ2n) is 9.00. The predicted octanol–water partition coefficient (Wildman–Crippen LogP) is 1.05. The van der Waals surface area contributed by atoms with Crippen molar-refractivity contribution in [3.63, 3.8) is 0 Å². The third-order valence-corrected chi connectivity index (χ3v) is 5.51. The number of benzene rings is 1. The van der Waals surface area contributed by atoms with Crippen LogP contribution in [0.4, 0.5) is 11.4 Å². The van der Waals surface area contributed by atoms with Gasteiger partial charge in [-0.15, -0.1) is 0 Å². The molecule has 3 saturated heterocycles. The van der Waals surface area contributed by atoms with Gasteiger partial charge in [0.2, 0.25) is 5.91 Å². The maximum atomic E-state index is 12.9. The molecule has 0 aliphatic carbocycles. The molecule has 0 unspecified atom stereocenters. The Balaban J connectivity index is 1.42. The second-order valence-corrected chi connectivity index (χ2v) is 9.00. The molecular weight excluding hydrogens is 454 g/mol. The summed E-state index contributed by atoms with van der Waals surface area (Å²) in [7, 11) is 1.37. The molecule has 4 rings (SSSR count). The van der Waals surface area contributed by atoms with Crippen LogP contribution in [0.1, 0.15) is 27.7 Å². The van der Waals surface area contributed by atoms with Crippen LogP contribution in [0.25, 0.3) is 0 Å². The Bertz CT molecular complexity index is 997. The SMILES string of the molecule is COc1ccc(NC(=O)CNC(=O)[C@@H]2O[C@H]3OC(C)(C)O[C@@H]3[C@H]3OC(C)(C)O[C@@H]32)c([N+](=O)[O-])c1. The van der Waals surface area contributed by atoms with E-state index >= 15 is 0 Å². The number of anilines is 1. The van der Waals surface area contributed by atoms with Gasteiger partial charge >= 0.3 is 0 Å². The van der Waals surface area contributed by atoms with Crippen molar-refractivity contribution in [2.24, 2.45) is 0 Å². The summed E-state index contributed by atoms with van der Waals surface area (Å²) in [6.45, 7) is 6.42. The fourth-order valence-electron chi connectivity index (χ4n) is 4.18. The number of nitrogens with zero attached hydrogens (tertiary/aromatic N) is 1. The fourth-order valence-corrected chi connectivity index (χ4v) is 4.18. The fraction of sp³-hybridized carbons (Fsp3) is 0.619. The smallest absolute Gasteiger partial charge is 0.296 e. The Morgan fingerprint density at radius 3 is 2.38 bits per heavy atom. The van der Waals surface area contributed by atoms with Crippen LogP contribution >= 0.6 is 0 Å². The van der Waals surface area contributed by atoms with Gasteiger partial charge in [-0.2, -0.15) is 0 Å². The second kappa shape index (κ2) is 8.74.